The number of hydrogen-bond acceptors (Lipinski definition) is 5. The molecule has 0 atom stereocenters. The molecule has 1 aromatic heterocycles. The van der Waals surface area contributed by atoms with E-state index >= 15 is 0 Å². The fourth-order valence-corrected chi connectivity index (χ4v) is 2.44. The lowest BCUT2D eigenvalue weighted by atomic mass is 10.1. The van der Waals surface area contributed by atoms with Gasteiger partial charge in [0.15, 0.2) is 5.69 Å². The Morgan fingerprint density at radius 1 is 1.38 bits per heavy atom. The van der Waals surface area contributed by atoms with Gasteiger partial charge in [0, 0.05) is 38.8 Å². The number of β-amino-alcohol motifs (C(OH)–C–C–N with tert-alkyl or cyclic N) is 1. The standard InChI is InChI=1S/C13H20N4O4/c1-13(2,19)9-15-5-7-16(8-6-15)12(18)10-3-4-11(14-10)17(20)21/h3-4,14,19H,5-9H2,1-2H3. The van der Waals surface area contributed by atoms with E-state index in [-0.39, 0.29) is 17.4 Å². The lowest BCUT2D eigenvalue weighted by Gasteiger charge is -2.36. The number of aromatic amines is 1. The molecule has 0 radical (unpaired) electrons. The minimum Gasteiger partial charge on any atom is -0.389 e. The Bertz CT molecular complexity index is 527. The molecule has 21 heavy (non-hydrogen) atoms. The zero-order chi connectivity index (χ0) is 15.6. The van der Waals surface area contributed by atoms with Crippen molar-refractivity contribution in [2.24, 2.45) is 0 Å². The molecule has 1 amide bonds. The van der Waals surface area contributed by atoms with Gasteiger partial charge in [0.2, 0.25) is 0 Å². The number of aliphatic hydroxyl groups is 1. The van der Waals surface area contributed by atoms with E-state index in [1.807, 2.05) is 0 Å². The Labute approximate surface area is 122 Å². The molecule has 0 saturated carbocycles. The van der Waals surface area contributed by atoms with Crippen molar-refractivity contribution in [1.29, 1.82) is 0 Å². The Morgan fingerprint density at radius 3 is 2.48 bits per heavy atom. The number of nitrogens with zero attached hydrogens (tertiary/aromatic N) is 3. The average Bonchev–Trinajstić information content (AvgIpc) is 2.86. The zero-order valence-corrected chi connectivity index (χ0v) is 12.2. The largest absolute Gasteiger partial charge is 0.389 e. The van der Waals surface area contributed by atoms with Gasteiger partial charge < -0.3 is 20.1 Å². The minimum absolute atomic E-state index is 0.181. The van der Waals surface area contributed by atoms with Gasteiger partial charge in [0.05, 0.1) is 5.60 Å². The summed E-state index contributed by atoms with van der Waals surface area (Å²) in [5, 5.41) is 20.4. The van der Waals surface area contributed by atoms with Crippen LogP contribution >= 0.6 is 0 Å². The molecule has 8 nitrogen and oxygen atoms in total. The number of carbonyl (C=O) groups is 1. The molecule has 1 saturated heterocycles. The number of H-pyrrole nitrogens is 1. The summed E-state index contributed by atoms with van der Waals surface area (Å²) in [7, 11) is 0. The molecule has 0 spiro atoms. The molecule has 2 rings (SSSR count). The first-order valence-corrected chi connectivity index (χ1v) is 6.84. The molecular weight excluding hydrogens is 276 g/mol. The third kappa shape index (κ3) is 4.02. The fourth-order valence-electron chi connectivity index (χ4n) is 2.44. The van der Waals surface area contributed by atoms with Gasteiger partial charge in [0.25, 0.3) is 5.91 Å². The van der Waals surface area contributed by atoms with E-state index in [4.69, 9.17) is 0 Å². The van der Waals surface area contributed by atoms with Gasteiger partial charge in [-0.15, -0.1) is 0 Å². The van der Waals surface area contributed by atoms with Gasteiger partial charge in [-0.3, -0.25) is 9.69 Å². The molecule has 1 fully saturated rings. The maximum Gasteiger partial charge on any atom is 0.321 e. The Hall–Kier alpha value is -1.93. The first-order chi connectivity index (χ1) is 9.76. The summed E-state index contributed by atoms with van der Waals surface area (Å²) in [6, 6.07) is 2.72. The molecule has 2 N–H and O–H groups in total. The van der Waals surface area contributed by atoms with Crippen LogP contribution in [0.2, 0.25) is 0 Å². The predicted octanol–water partition coefficient (Wildman–Crippen LogP) is 0.452. The summed E-state index contributed by atoms with van der Waals surface area (Å²) in [4.78, 5) is 28.6. The highest BCUT2D eigenvalue weighted by atomic mass is 16.6. The lowest BCUT2D eigenvalue weighted by molar-refractivity contribution is -0.389. The van der Waals surface area contributed by atoms with Crippen molar-refractivity contribution in [2.75, 3.05) is 32.7 Å². The third-order valence-corrected chi connectivity index (χ3v) is 3.37. The topological polar surface area (TPSA) is 103 Å². The number of amides is 1. The summed E-state index contributed by atoms with van der Waals surface area (Å²) in [6.07, 6.45) is 0. The molecule has 8 heteroatoms. The summed E-state index contributed by atoms with van der Waals surface area (Å²) in [5.74, 6) is -0.412. The Morgan fingerprint density at radius 2 is 2.00 bits per heavy atom. The van der Waals surface area contributed by atoms with Gasteiger partial charge in [-0.25, -0.2) is 4.98 Å². The van der Waals surface area contributed by atoms with Crippen LogP contribution in [0.25, 0.3) is 0 Å². The van der Waals surface area contributed by atoms with E-state index in [2.05, 4.69) is 9.88 Å². The van der Waals surface area contributed by atoms with Crippen LogP contribution in [-0.2, 0) is 0 Å². The molecule has 0 unspecified atom stereocenters. The molecule has 116 valence electrons. The summed E-state index contributed by atoms with van der Waals surface area (Å²) in [5.41, 5.74) is -0.524. The summed E-state index contributed by atoms with van der Waals surface area (Å²) < 4.78 is 0. The fraction of sp³-hybridized carbons (Fsp3) is 0.615. The molecular formula is C13H20N4O4. The highest BCUT2D eigenvalue weighted by molar-refractivity contribution is 5.93. The smallest absolute Gasteiger partial charge is 0.321 e. The number of rotatable bonds is 4. The minimum atomic E-state index is -0.758. The molecule has 1 aromatic rings. The van der Waals surface area contributed by atoms with Crippen LogP contribution in [0.3, 0.4) is 0 Å². The maximum atomic E-state index is 12.2. The number of nitro groups is 1. The quantitative estimate of drug-likeness (QED) is 0.620. The van der Waals surface area contributed by atoms with Gasteiger partial charge in [-0.1, -0.05) is 0 Å². The number of carbonyl (C=O) groups excluding carboxylic acids is 1. The van der Waals surface area contributed by atoms with Crippen LogP contribution < -0.4 is 0 Å². The zero-order valence-electron chi connectivity index (χ0n) is 12.2. The van der Waals surface area contributed by atoms with Crippen molar-refractivity contribution >= 4 is 11.7 Å². The normalized spacial score (nSPS) is 17.0. The monoisotopic (exact) mass is 296 g/mol. The highest BCUT2D eigenvalue weighted by Crippen LogP contribution is 2.14. The van der Waals surface area contributed by atoms with Gasteiger partial charge in [-0.2, -0.15) is 0 Å². The van der Waals surface area contributed by atoms with Crippen molar-refractivity contribution in [3.05, 3.63) is 27.9 Å². The molecule has 1 aliphatic heterocycles. The summed E-state index contributed by atoms with van der Waals surface area (Å²) in [6.45, 7) is 6.51. The molecule has 2 heterocycles. The van der Waals surface area contributed by atoms with Crippen LogP contribution in [0.1, 0.15) is 24.3 Å². The van der Waals surface area contributed by atoms with Gasteiger partial charge in [-0.05, 0) is 24.8 Å². The first kappa shape index (κ1) is 15.5. The van der Waals surface area contributed by atoms with Crippen LogP contribution in [-0.4, -0.2) is 69.0 Å². The molecule has 0 aromatic carbocycles. The Kier molecular flexibility index (Phi) is 4.29. The third-order valence-electron chi connectivity index (χ3n) is 3.37. The lowest BCUT2D eigenvalue weighted by Crippen LogP contribution is -2.52. The van der Waals surface area contributed by atoms with E-state index in [0.717, 1.165) is 0 Å². The molecule has 0 aliphatic carbocycles. The predicted molar refractivity (Wildman–Crippen MR) is 76.1 cm³/mol. The molecule has 1 aliphatic rings. The SMILES string of the molecule is CC(C)(O)CN1CCN(C(=O)c2ccc([N+](=O)[O-])[nH]2)CC1. The second-order valence-corrected chi connectivity index (χ2v) is 5.90. The highest BCUT2D eigenvalue weighted by Gasteiger charge is 2.27. The second kappa shape index (κ2) is 5.82. The van der Waals surface area contributed by atoms with Gasteiger partial charge >= 0.3 is 5.82 Å². The van der Waals surface area contributed by atoms with Crippen LogP contribution in [0.5, 0.6) is 0 Å². The van der Waals surface area contributed by atoms with Crippen LogP contribution in [0, 0.1) is 10.1 Å². The van der Waals surface area contributed by atoms with Crippen molar-refractivity contribution in [3.63, 3.8) is 0 Å². The van der Waals surface area contributed by atoms with Crippen LogP contribution in [0.15, 0.2) is 12.1 Å². The van der Waals surface area contributed by atoms with E-state index in [1.165, 1.54) is 12.1 Å². The van der Waals surface area contributed by atoms with Crippen molar-refractivity contribution < 1.29 is 14.8 Å². The number of piperazine rings is 1. The molecule has 0 bridgehead atoms. The van der Waals surface area contributed by atoms with E-state index in [0.29, 0.717) is 32.7 Å². The van der Waals surface area contributed by atoms with Gasteiger partial charge in [0.1, 0.15) is 0 Å². The average molecular weight is 296 g/mol. The Balaban J connectivity index is 1.92. The van der Waals surface area contributed by atoms with Crippen molar-refractivity contribution in [3.8, 4) is 0 Å². The number of nitrogens with one attached hydrogen (secondary N) is 1. The van der Waals surface area contributed by atoms with E-state index in [9.17, 15) is 20.0 Å². The van der Waals surface area contributed by atoms with E-state index < -0.39 is 10.5 Å². The first-order valence-electron chi connectivity index (χ1n) is 6.84. The van der Waals surface area contributed by atoms with Crippen molar-refractivity contribution in [1.82, 2.24) is 14.8 Å². The van der Waals surface area contributed by atoms with Crippen molar-refractivity contribution in [2.45, 2.75) is 19.4 Å². The number of hydrogen-bond donors (Lipinski definition) is 2. The second-order valence-electron chi connectivity index (χ2n) is 5.90. The van der Waals surface area contributed by atoms with E-state index in [1.54, 1.807) is 18.7 Å². The van der Waals surface area contributed by atoms with Crippen LogP contribution in [0.4, 0.5) is 5.82 Å². The summed E-state index contributed by atoms with van der Waals surface area (Å²) >= 11 is 0. The number of aromatic nitrogens is 1. The maximum absolute atomic E-state index is 12.2.